The van der Waals surface area contributed by atoms with Crippen LogP contribution in [-0.2, 0) is 19.3 Å². The van der Waals surface area contributed by atoms with Crippen molar-refractivity contribution in [3.63, 3.8) is 0 Å². The Morgan fingerprint density at radius 2 is 1.90 bits per heavy atom. The molecule has 0 aliphatic carbocycles. The smallest absolute Gasteiger partial charge is 0.307 e. The van der Waals surface area contributed by atoms with Crippen LogP contribution in [0.1, 0.15) is 17.0 Å². The van der Waals surface area contributed by atoms with Crippen molar-refractivity contribution in [2.24, 2.45) is 0 Å². The number of nitrogens with one attached hydrogen (secondary N) is 1. The first kappa shape index (κ1) is 14.9. The maximum atomic E-state index is 13.1. The second-order valence-corrected chi connectivity index (χ2v) is 6.18. The first-order chi connectivity index (χ1) is 9.86. The van der Waals surface area contributed by atoms with Crippen LogP contribution in [0.3, 0.4) is 0 Å². The Bertz CT molecular complexity index is 718. The van der Waals surface area contributed by atoms with Crippen LogP contribution >= 0.6 is 31.9 Å². The molecule has 0 aromatic carbocycles. The molecule has 1 aliphatic rings. The zero-order valence-corrected chi connectivity index (χ0v) is 13.5. The monoisotopic (exact) mass is 422 g/mol. The third-order valence-corrected chi connectivity index (χ3v) is 4.01. The summed E-state index contributed by atoms with van der Waals surface area (Å²) in [6.07, 6.45) is -3.03. The van der Waals surface area contributed by atoms with Gasteiger partial charge >= 0.3 is 6.18 Å². The lowest BCUT2D eigenvalue weighted by atomic mass is 10.1. The lowest BCUT2D eigenvalue weighted by Crippen LogP contribution is -2.15. The molecule has 9 heteroatoms. The first-order valence-electron chi connectivity index (χ1n) is 5.85. The highest BCUT2D eigenvalue weighted by molar-refractivity contribution is 9.11. The van der Waals surface area contributed by atoms with E-state index in [0.29, 0.717) is 21.2 Å². The zero-order chi connectivity index (χ0) is 15.2. The SMILES string of the molecule is FC(F)(F)c1nc(-c2ncc(Br)cc2Br)nc2c1CNC2. The predicted molar refractivity (Wildman–Crippen MR) is 76.2 cm³/mol. The molecule has 0 bridgehead atoms. The fourth-order valence-corrected chi connectivity index (χ4v) is 3.25. The van der Waals surface area contributed by atoms with Crippen LogP contribution in [0.2, 0.25) is 0 Å². The molecule has 0 saturated heterocycles. The van der Waals surface area contributed by atoms with E-state index in [2.05, 4.69) is 52.1 Å². The van der Waals surface area contributed by atoms with Gasteiger partial charge in [0.15, 0.2) is 11.5 Å². The Hall–Kier alpha value is -1.06. The average molecular weight is 424 g/mol. The lowest BCUT2D eigenvalue weighted by Gasteiger charge is -2.12. The third kappa shape index (κ3) is 2.82. The molecule has 0 amide bonds. The van der Waals surface area contributed by atoms with Crippen molar-refractivity contribution in [1.82, 2.24) is 20.3 Å². The van der Waals surface area contributed by atoms with Crippen molar-refractivity contribution < 1.29 is 13.2 Å². The largest absolute Gasteiger partial charge is 0.433 e. The summed E-state index contributed by atoms with van der Waals surface area (Å²) in [5.41, 5.74) is -0.147. The predicted octanol–water partition coefficient (Wildman–Crippen LogP) is 3.69. The summed E-state index contributed by atoms with van der Waals surface area (Å²) in [4.78, 5) is 12.0. The van der Waals surface area contributed by atoms with Crippen LogP contribution in [0.5, 0.6) is 0 Å². The van der Waals surface area contributed by atoms with E-state index in [-0.39, 0.29) is 23.6 Å². The van der Waals surface area contributed by atoms with Gasteiger partial charge in [0, 0.05) is 33.8 Å². The topological polar surface area (TPSA) is 50.7 Å². The molecule has 0 saturated carbocycles. The quantitative estimate of drug-likeness (QED) is 0.760. The maximum absolute atomic E-state index is 13.1. The Balaban J connectivity index is 2.20. The molecule has 4 nitrogen and oxygen atoms in total. The van der Waals surface area contributed by atoms with Gasteiger partial charge in [-0.25, -0.2) is 9.97 Å². The van der Waals surface area contributed by atoms with Crippen LogP contribution in [-0.4, -0.2) is 15.0 Å². The highest BCUT2D eigenvalue weighted by Crippen LogP contribution is 2.35. The number of nitrogens with zero attached hydrogens (tertiary/aromatic N) is 3. The minimum Gasteiger partial charge on any atom is -0.307 e. The van der Waals surface area contributed by atoms with Gasteiger partial charge in [0.25, 0.3) is 0 Å². The molecular weight excluding hydrogens is 417 g/mol. The van der Waals surface area contributed by atoms with Gasteiger partial charge in [-0.05, 0) is 37.9 Å². The normalized spacial score (nSPS) is 14.3. The van der Waals surface area contributed by atoms with Crippen LogP contribution < -0.4 is 5.32 Å². The molecule has 3 rings (SSSR count). The van der Waals surface area contributed by atoms with Crippen molar-refractivity contribution >= 4 is 31.9 Å². The molecule has 2 aromatic rings. The van der Waals surface area contributed by atoms with E-state index >= 15 is 0 Å². The first-order valence-corrected chi connectivity index (χ1v) is 7.44. The van der Waals surface area contributed by atoms with Crippen molar-refractivity contribution in [3.8, 4) is 11.5 Å². The molecule has 3 heterocycles. The van der Waals surface area contributed by atoms with Gasteiger partial charge in [0.2, 0.25) is 0 Å². The molecule has 0 radical (unpaired) electrons. The van der Waals surface area contributed by atoms with Gasteiger partial charge < -0.3 is 5.32 Å². The Morgan fingerprint density at radius 3 is 2.57 bits per heavy atom. The molecular formula is C12H7Br2F3N4. The summed E-state index contributed by atoms with van der Waals surface area (Å²) in [7, 11) is 0. The Labute approximate surface area is 134 Å². The van der Waals surface area contributed by atoms with Crippen molar-refractivity contribution in [2.45, 2.75) is 19.3 Å². The molecule has 2 aromatic heterocycles. The van der Waals surface area contributed by atoms with Gasteiger partial charge in [0.1, 0.15) is 5.69 Å². The fourth-order valence-electron chi connectivity index (χ4n) is 2.09. The van der Waals surface area contributed by atoms with Gasteiger partial charge in [-0.15, -0.1) is 0 Å². The van der Waals surface area contributed by atoms with E-state index in [1.165, 1.54) is 6.20 Å². The molecule has 0 atom stereocenters. The highest BCUT2D eigenvalue weighted by Gasteiger charge is 2.38. The molecule has 1 aliphatic heterocycles. The molecule has 110 valence electrons. The minimum absolute atomic E-state index is 0.0378. The summed E-state index contributed by atoms with van der Waals surface area (Å²) in [5.74, 6) is -0.0378. The third-order valence-electron chi connectivity index (χ3n) is 2.98. The second-order valence-electron chi connectivity index (χ2n) is 4.41. The molecule has 1 N–H and O–H groups in total. The van der Waals surface area contributed by atoms with Gasteiger partial charge in [-0.1, -0.05) is 0 Å². The zero-order valence-electron chi connectivity index (χ0n) is 10.3. The highest BCUT2D eigenvalue weighted by atomic mass is 79.9. The van der Waals surface area contributed by atoms with Crippen LogP contribution in [0.25, 0.3) is 11.5 Å². The van der Waals surface area contributed by atoms with E-state index in [9.17, 15) is 13.2 Å². The van der Waals surface area contributed by atoms with E-state index in [4.69, 9.17) is 0 Å². The Kier molecular flexibility index (Phi) is 3.74. The maximum Gasteiger partial charge on any atom is 0.433 e. The van der Waals surface area contributed by atoms with Crippen molar-refractivity contribution in [2.75, 3.05) is 0 Å². The van der Waals surface area contributed by atoms with Gasteiger partial charge in [0.05, 0.1) is 5.69 Å². The summed E-state index contributed by atoms with van der Waals surface area (Å²) in [6.45, 7) is 0.418. The Morgan fingerprint density at radius 1 is 1.14 bits per heavy atom. The number of fused-ring (bicyclic) bond motifs is 1. The van der Waals surface area contributed by atoms with E-state index in [0.717, 1.165) is 0 Å². The van der Waals surface area contributed by atoms with Crippen molar-refractivity contribution in [3.05, 3.63) is 38.2 Å². The van der Waals surface area contributed by atoms with Crippen LogP contribution in [0, 0.1) is 0 Å². The van der Waals surface area contributed by atoms with Gasteiger partial charge in [-0.2, -0.15) is 13.2 Å². The summed E-state index contributed by atoms with van der Waals surface area (Å²) in [5, 5.41) is 2.86. The molecule has 21 heavy (non-hydrogen) atoms. The number of alkyl halides is 3. The van der Waals surface area contributed by atoms with Crippen molar-refractivity contribution in [1.29, 1.82) is 0 Å². The number of rotatable bonds is 1. The molecule has 0 spiro atoms. The van der Waals surface area contributed by atoms with E-state index in [1.54, 1.807) is 6.07 Å². The summed E-state index contributed by atoms with van der Waals surface area (Å²) in [6, 6.07) is 1.68. The number of aromatic nitrogens is 3. The number of hydrogen-bond acceptors (Lipinski definition) is 4. The number of pyridine rings is 1. The number of hydrogen-bond donors (Lipinski definition) is 1. The average Bonchev–Trinajstić information content (AvgIpc) is 2.84. The van der Waals surface area contributed by atoms with Crippen LogP contribution in [0.4, 0.5) is 13.2 Å². The minimum atomic E-state index is -4.52. The number of halogens is 5. The summed E-state index contributed by atoms with van der Waals surface area (Å²) >= 11 is 6.51. The lowest BCUT2D eigenvalue weighted by molar-refractivity contribution is -0.141. The van der Waals surface area contributed by atoms with E-state index < -0.39 is 11.9 Å². The fraction of sp³-hybridized carbons (Fsp3) is 0.250. The van der Waals surface area contributed by atoms with Gasteiger partial charge in [-0.3, -0.25) is 4.98 Å². The summed E-state index contributed by atoms with van der Waals surface area (Å²) < 4.78 is 40.7. The van der Waals surface area contributed by atoms with Crippen LogP contribution in [0.15, 0.2) is 21.2 Å². The van der Waals surface area contributed by atoms with E-state index in [1.807, 2.05) is 0 Å². The standard InChI is InChI=1S/C12H7Br2F3N4/c13-5-1-7(14)9(19-2-5)11-20-8-4-18-3-6(8)10(21-11)12(15,16)17/h1-2,18H,3-4H2. The second kappa shape index (κ2) is 5.29. The molecule has 0 fully saturated rings. The molecule has 0 unspecified atom stereocenters.